The standard InChI is InChI=1S/C40H43N3O/c1-38(2,3)27-16-18-41-34(23-27)26-20-29(40(7,8)9)22-31(21-26)44-30-14-15-33-32-12-10-11-13-35(32)43(36(33)25-30)37-24-28(17-19-42-37)39(4,5)6/h10-25H,1-9H3. The molecule has 3 aromatic carbocycles. The van der Waals surface area contributed by atoms with Crippen LogP contribution in [0.1, 0.15) is 79.0 Å². The normalized spacial score (nSPS) is 12.7. The minimum absolute atomic E-state index is 0.0156. The summed E-state index contributed by atoms with van der Waals surface area (Å²) in [6.07, 6.45) is 3.83. The van der Waals surface area contributed by atoms with Crippen LogP contribution in [0.15, 0.2) is 97.3 Å². The van der Waals surface area contributed by atoms with Crippen LogP contribution in [0.4, 0.5) is 0 Å². The Hall–Kier alpha value is -4.44. The first kappa shape index (κ1) is 29.6. The summed E-state index contributed by atoms with van der Waals surface area (Å²) < 4.78 is 8.94. The van der Waals surface area contributed by atoms with Crippen molar-refractivity contribution in [3.05, 3.63) is 114 Å². The van der Waals surface area contributed by atoms with Crippen LogP contribution in [-0.4, -0.2) is 14.5 Å². The van der Waals surface area contributed by atoms with Crippen LogP contribution in [-0.2, 0) is 16.2 Å². The van der Waals surface area contributed by atoms with Crippen LogP contribution in [0.5, 0.6) is 11.5 Å². The first-order chi connectivity index (χ1) is 20.7. The zero-order valence-electron chi connectivity index (χ0n) is 27.5. The maximum atomic E-state index is 6.69. The van der Waals surface area contributed by atoms with Gasteiger partial charge in [0.25, 0.3) is 0 Å². The number of ether oxygens (including phenoxy) is 1. The average molecular weight is 582 g/mol. The van der Waals surface area contributed by atoms with Gasteiger partial charge in [0.2, 0.25) is 0 Å². The summed E-state index contributed by atoms with van der Waals surface area (Å²) in [5, 5.41) is 2.36. The van der Waals surface area contributed by atoms with Gasteiger partial charge in [-0.1, -0.05) is 80.5 Å². The second-order valence-electron chi connectivity index (χ2n) is 15.0. The Morgan fingerprint density at radius 3 is 1.86 bits per heavy atom. The van der Waals surface area contributed by atoms with E-state index in [1.54, 1.807) is 0 Å². The highest BCUT2D eigenvalue weighted by atomic mass is 16.5. The molecule has 224 valence electrons. The monoisotopic (exact) mass is 581 g/mol. The predicted octanol–water partition coefficient (Wildman–Crippen LogP) is 10.9. The molecule has 0 amide bonds. The number of hydrogen-bond donors (Lipinski definition) is 0. The van der Waals surface area contributed by atoms with Gasteiger partial charge in [-0.2, -0.15) is 0 Å². The van der Waals surface area contributed by atoms with Crippen molar-refractivity contribution in [2.75, 3.05) is 0 Å². The summed E-state index contributed by atoms with van der Waals surface area (Å²) in [6, 6.07) is 30.0. The van der Waals surface area contributed by atoms with Gasteiger partial charge in [-0.15, -0.1) is 0 Å². The van der Waals surface area contributed by atoms with E-state index >= 15 is 0 Å². The molecule has 6 aromatic rings. The molecule has 0 saturated heterocycles. The number of benzene rings is 3. The van der Waals surface area contributed by atoms with Crippen molar-refractivity contribution in [3.63, 3.8) is 0 Å². The SMILES string of the molecule is CC(C)(C)c1cc(Oc2ccc3c4ccccc4n(-c4cc(C(C)(C)C)ccn4)c3c2)cc(-c2cc(C(C)(C)C)ccn2)c1. The molecule has 0 fully saturated rings. The highest BCUT2D eigenvalue weighted by Crippen LogP contribution is 2.38. The number of fused-ring (bicyclic) bond motifs is 3. The summed E-state index contributed by atoms with van der Waals surface area (Å²) in [4.78, 5) is 9.60. The van der Waals surface area contributed by atoms with Gasteiger partial charge in [0, 0.05) is 34.8 Å². The summed E-state index contributed by atoms with van der Waals surface area (Å²) in [5.74, 6) is 2.48. The minimum atomic E-state index is -0.0596. The fourth-order valence-corrected chi connectivity index (χ4v) is 5.70. The molecule has 0 bridgehead atoms. The topological polar surface area (TPSA) is 39.9 Å². The van der Waals surface area contributed by atoms with Gasteiger partial charge in [-0.3, -0.25) is 9.55 Å². The fraction of sp³-hybridized carbons (Fsp3) is 0.300. The second-order valence-corrected chi connectivity index (χ2v) is 15.0. The molecule has 44 heavy (non-hydrogen) atoms. The molecule has 0 radical (unpaired) electrons. The van der Waals surface area contributed by atoms with Gasteiger partial charge in [-0.05, 0) is 93.6 Å². The van der Waals surface area contributed by atoms with Crippen molar-refractivity contribution in [1.82, 2.24) is 14.5 Å². The Kier molecular flexibility index (Phi) is 7.15. The van der Waals surface area contributed by atoms with E-state index in [2.05, 4.69) is 152 Å². The summed E-state index contributed by atoms with van der Waals surface area (Å²) >= 11 is 0. The molecular formula is C40H43N3O. The quantitative estimate of drug-likeness (QED) is 0.208. The highest BCUT2D eigenvalue weighted by Gasteiger charge is 2.21. The Labute approximate surface area is 261 Å². The highest BCUT2D eigenvalue weighted by molar-refractivity contribution is 6.09. The van der Waals surface area contributed by atoms with Crippen LogP contribution in [0, 0.1) is 0 Å². The number of rotatable bonds is 4. The lowest BCUT2D eigenvalue weighted by Crippen LogP contribution is -2.12. The van der Waals surface area contributed by atoms with Gasteiger partial charge < -0.3 is 4.74 Å². The first-order valence-electron chi connectivity index (χ1n) is 15.5. The molecule has 0 saturated carbocycles. The molecule has 0 N–H and O–H groups in total. The van der Waals surface area contributed by atoms with Crippen molar-refractivity contribution < 1.29 is 4.74 Å². The molecule has 6 rings (SSSR count). The van der Waals surface area contributed by atoms with E-state index in [1.165, 1.54) is 27.5 Å². The largest absolute Gasteiger partial charge is 0.457 e. The molecule has 0 aliphatic carbocycles. The Morgan fingerprint density at radius 1 is 0.523 bits per heavy atom. The van der Waals surface area contributed by atoms with E-state index in [9.17, 15) is 0 Å². The number of pyridine rings is 2. The van der Waals surface area contributed by atoms with Crippen molar-refractivity contribution in [1.29, 1.82) is 0 Å². The van der Waals surface area contributed by atoms with Gasteiger partial charge in [0.1, 0.15) is 17.3 Å². The van der Waals surface area contributed by atoms with E-state index in [1.807, 2.05) is 12.4 Å². The van der Waals surface area contributed by atoms with Gasteiger partial charge in [0.15, 0.2) is 0 Å². The Bertz CT molecular complexity index is 1990. The zero-order chi connectivity index (χ0) is 31.4. The van der Waals surface area contributed by atoms with Crippen LogP contribution < -0.4 is 4.74 Å². The lowest BCUT2D eigenvalue weighted by atomic mass is 9.84. The molecule has 4 nitrogen and oxygen atoms in total. The molecule has 3 aromatic heterocycles. The average Bonchev–Trinajstić information content (AvgIpc) is 3.29. The number of hydrogen-bond acceptors (Lipinski definition) is 3. The Morgan fingerprint density at radius 2 is 1.16 bits per heavy atom. The van der Waals surface area contributed by atoms with E-state index in [4.69, 9.17) is 14.7 Å². The fourth-order valence-electron chi connectivity index (χ4n) is 5.70. The molecule has 0 aliphatic rings. The first-order valence-corrected chi connectivity index (χ1v) is 15.5. The maximum absolute atomic E-state index is 6.69. The predicted molar refractivity (Wildman–Crippen MR) is 184 cm³/mol. The lowest BCUT2D eigenvalue weighted by Gasteiger charge is -2.22. The van der Waals surface area contributed by atoms with E-state index in [-0.39, 0.29) is 16.2 Å². The molecule has 3 heterocycles. The maximum Gasteiger partial charge on any atom is 0.137 e. The van der Waals surface area contributed by atoms with Gasteiger partial charge in [0.05, 0.1) is 16.7 Å². The molecule has 0 spiro atoms. The van der Waals surface area contributed by atoms with Crippen LogP contribution in [0.25, 0.3) is 38.9 Å². The second kappa shape index (κ2) is 10.6. The number of para-hydroxylation sites is 1. The molecule has 0 unspecified atom stereocenters. The lowest BCUT2D eigenvalue weighted by molar-refractivity contribution is 0.479. The van der Waals surface area contributed by atoms with E-state index < -0.39 is 0 Å². The molecular weight excluding hydrogens is 538 g/mol. The van der Waals surface area contributed by atoms with Crippen LogP contribution in [0.3, 0.4) is 0 Å². The smallest absolute Gasteiger partial charge is 0.137 e. The van der Waals surface area contributed by atoms with Crippen molar-refractivity contribution in [2.45, 2.75) is 78.6 Å². The molecule has 0 atom stereocenters. The van der Waals surface area contributed by atoms with Crippen molar-refractivity contribution in [2.24, 2.45) is 0 Å². The summed E-state index contributed by atoms with van der Waals surface area (Å²) in [6.45, 7) is 20.1. The van der Waals surface area contributed by atoms with Crippen LogP contribution in [0.2, 0.25) is 0 Å². The third-order valence-electron chi connectivity index (χ3n) is 8.42. The molecule has 4 heteroatoms. The number of nitrogens with zero attached hydrogens (tertiary/aromatic N) is 3. The molecule has 0 aliphatic heterocycles. The number of aromatic nitrogens is 3. The third kappa shape index (κ3) is 5.74. The van der Waals surface area contributed by atoms with Gasteiger partial charge in [-0.25, -0.2) is 4.98 Å². The van der Waals surface area contributed by atoms with E-state index in [0.29, 0.717) is 0 Å². The van der Waals surface area contributed by atoms with E-state index in [0.717, 1.165) is 39.6 Å². The van der Waals surface area contributed by atoms with Crippen molar-refractivity contribution in [3.8, 4) is 28.6 Å². The zero-order valence-corrected chi connectivity index (χ0v) is 27.5. The summed E-state index contributed by atoms with van der Waals surface area (Å²) in [5.41, 5.74) is 7.89. The third-order valence-corrected chi connectivity index (χ3v) is 8.42. The Balaban J connectivity index is 1.48. The summed E-state index contributed by atoms with van der Waals surface area (Å²) in [7, 11) is 0. The van der Waals surface area contributed by atoms with Gasteiger partial charge >= 0.3 is 0 Å². The van der Waals surface area contributed by atoms with Crippen LogP contribution >= 0.6 is 0 Å². The minimum Gasteiger partial charge on any atom is -0.457 e. The van der Waals surface area contributed by atoms with Crippen molar-refractivity contribution >= 4 is 21.8 Å².